The van der Waals surface area contributed by atoms with E-state index in [-0.39, 0.29) is 6.03 Å². The number of aliphatic carboxylic acids is 1. The molecule has 2 atom stereocenters. The molecule has 0 saturated carbocycles. The molecule has 2 rings (SSSR count). The number of urea groups is 1. The lowest BCUT2D eigenvalue weighted by atomic mass is 9.89. The number of rotatable bonds is 3. The zero-order valence-corrected chi connectivity index (χ0v) is 13.5. The number of hydrogen-bond donors (Lipinski definition) is 2. The van der Waals surface area contributed by atoms with Gasteiger partial charge in [-0.3, -0.25) is 0 Å². The Balaban J connectivity index is 2.06. The van der Waals surface area contributed by atoms with Crippen LogP contribution < -0.4 is 5.32 Å². The van der Waals surface area contributed by atoms with Crippen LogP contribution in [0.4, 0.5) is 10.5 Å². The molecular formula is C15H19BrN2O3. The summed E-state index contributed by atoms with van der Waals surface area (Å²) in [6, 6.07) is 6.12. The van der Waals surface area contributed by atoms with Crippen molar-refractivity contribution in [2.45, 2.75) is 32.2 Å². The van der Waals surface area contributed by atoms with Crippen LogP contribution in [0.2, 0.25) is 0 Å². The third kappa shape index (κ3) is 3.97. The fraction of sp³-hybridized carbons (Fsp3) is 0.467. The summed E-state index contributed by atoms with van der Waals surface area (Å²) < 4.78 is 0.924. The summed E-state index contributed by atoms with van der Waals surface area (Å²) >= 11 is 3.33. The molecule has 2 amide bonds. The van der Waals surface area contributed by atoms with Crippen LogP contribution in [0.25, 0.3) is 0 Å². The molecule has 114 valence electrons. The molecule has 5 nitrogen and oxygen atoms in total. The van der Waals surface area contributed by atoms with Gasteiger partial charge in [0.15, 0.2) is 0 Å². The number of piperidine rings is 1. The van der Waals surface area contributed by atoms with Crippen molar-refractivity contribution in [3.05, 3.63) is 28.7 Å². The second-order valence-corrected chi connectivity index (χ2v) is 6.20. The van der Waals surface area contributed by atoms with E-state index in [0.717, 1.165) is 17.3 Å². The van der Waals surface area contributed by atoms with Crippen molar-refractivity contribution in [3.63, 3.8) is 0 Å². The van der Waals surface area contributed by atoms with E-state index in [0.29, 0.717) is 24.6 Å². The second kappa shape index (κ2) is 6.93. The molecule has 0 radical (unpaired) electrons. The molecule has 1 heterocycles. The Labute approximate surface area is 132 Å². The summed E-state index contributed by atoms with van der Waals surface area (Å²) in [7, 11) is 0. The van der Waals surface area contributed by atoms with Crippen LogP contribution in [-0.2, 0) is 4.79 Å². The zero-order valence-electron chi connectivity index (χ0n) is 11.9. The first-order valence-corrected chi connectivity index (χ1v) is 7.86. The van der Waals surface area contributed by atoms with Gasteiger partial charge in [-0.1, -0.05) is 29.3 Å². The van der Waals surface area contributed by atoms with E-state index < -0.39 is 12.0 Å². The number of halogens is 1. The summed E-state index contributed by atoms with van der Waals surface area (Å²) in [5.41, 5.74) is 0.657. The van der Waals surface area contributed by atoms with Crippen LogP contribution in [0, 0.1) is 5.92 Å². The molecule has 1 aliphatic rings. The lowest BCUT2D eigenvalue weighted by molar-refractivity contribution is -0.143. The number of hydrogen-bond acceptors (Lipinski definition) is 2. The van der Waals surface area contributed by atoms with Gasteiger partial charge in [0.2, 0.25) is 0 Å². The van der Waals surface area contributed by atoms with Gasteiger partial charge < -0.3 is 15.3 Å². The average Bonchev–Trinajstić information content (AvgIpc) is 2.48. The Morgan fingerprint density at radius 3 is 2.62 bits per heavy atom. The molecule has 0 spiro atoms. The summed E-state index contributed by atoms with van der Waals surface area (Å²) in [6.07, 6.45) is 2.33. The van der Waals surface area contributed by atoms with E-state index in [1.54, 1.807) is 12.1 Å². The van der Waals surface area contributed by atoms with Crippen LogP contribution in [0.3, 0.4) is 0 Å². The molecular weight excluding hydrogens is 336 g/mol. The molecule has 21 heavy (non-hydrogen) atoms. The molecule has 1 aliphatic heterocycles. The standard InChI is InChI=1S/C15H19BrN2O3/c1-2-10-7-8-18(13(9-10)14(19)20)15(21)17-12-5-3-11(16)4-6-12/h3-6,10,13H,2,7-9H2,1H3,(H,17,21)(H,19,20). The van der Waals surface area contributed by atoms with Crippen LogP contribution in [-0.4, -0.2) is 34.6 Å². The van der Waals surface area contributed by atoms with Gasteiger partial charge in [0.25, 0.3) is 0 Å². The number of carbonyl (C=O) groups is 2. The first kappa shape index (κ1) is 15.8. The van der Waals surface area contributed by atoms with Gasteiger partial charge in [-0.05, 0) is 43.0 Å². The van der Waals surface area contributed by atoms with E-state index >= 15 is 0 Å². The summed E-state index contributed by atoms with van der Waals surface area (Å²) in [5, 5.41) is 12.1. The van der Waals surface area contributed by atoms with Crippen molar-refractivity contribution in [1.29, 1.82) is 0 Å². The van der Waals surface area contributed by atoms with Crippen molar-refractivity contribution in [2.24, 2.45) is 5.92 Å². The minimum absolute atomic E-state index is 0.348. The number of carboxylic acid groups (broad SMARTS) is 1. The van der Waals surface area contributed by atoms with Gasteiger partial charge in [-0.15, -0.1) is 0 Å². The fourth-order valence-electron chi connectivity index (χ4n) is 2.61. The number of likely N-dealkylation sites (tertiary alicyclic amines) is 1. The number of nitrogens with zero attached hydrogens (tertiary/aromatic N) is 1. The number of carboxylic acids is 1. The maximum atomic E-state index is 12.3. The van der Waals surface area contributed by atoms with Crippen LogP contribution in [0.5, 0.6) is 0 Å². The van der Waals surface area contributed by atoms with E-state index in [2.05, 4.69) is 28.2 Å². The van der Waals surface area contributed by atoms with Gasteiger partial charge in [0.05, 0.1) is 0 Å². The molecule has 1 saturated heterocycles. The Kier molecular flexibility index (Phi) is 5.22. The number of anilines is 1. The van der Waals surface area contributed by atoms with Gasteiger partial charge in [0.1, 0.15) is 6.04 Å². The van der Waals surface area contributed by atoms with Gasteiger partial charge in [0, 0.05) is 16.7 Å². The summed E-state index contributed by atoms with van der Waals surface area (Å²) in [6.45, 7) is 2.54. The molecule has 0 aliphatic carbocycles. The smallest absolute Gasteiger partial charge is 0.326 e. The van der Waals surface area contributed by atoms with Gasteiger partial charge >= 0.3 is 12.0 Å². The van der Waals surface area contributed by atoms with Crippen molar-refractivity contribution >= 4 is 33.6 Å². The van der Waals surface area contributed by atoms with E-state index in [9.17, 15) is 14.7 Å². The zero-order chi connectivity index (χ0) is 15.4. The Morgan fingerprint density at radius 1 is 1.38 bits per heavy atom. The van der Waals surface area contributed by atoms with Crippen molar-refractivity contribution in [2.75, 3.05) is 11.9 Å². The minimum Gasteiger partial charge on any atom is -0.480 e. The summed E-state index contributed by atoms with van der Waals surface area (Å²) in [5.74, 6) is -0.554. The Bertz CT molecular complexity index is 518. The monoisotopic (exact) mass is 354 g/mol. The minimum atomic E-state index is -0.931. The topological polar surface area (TPSA) is 69.6 Å². The molecule has 6 heteroatoms. The van der Waals surface area contributed by atoms with Gasteiger partial charge in [-0.2, -0.15) is 0 Å². The SMILES string of the molecule is CCC1CCN(C(=O)Nc2ccc(Br)cc2)C(C(=O)O)C1. The number of benzene rings is 1. The first-order valence-electron chi connectivity index (χ1n) is 7.07. The number of nitrogens with one attached hydrogen (secondary N) is 1. The maximum absolute atomic E-state index is 12.3. The van der Waals surface area contributed by atoms with Crippen molar-refractivity contribution < 1.29 is 14.7 Å². The molecule has 0 aromatic heterocycles. The van der Waals surface area contributed by atoms with Crippen molar-refractivity contribution in [3.8, 4) is 0 Å². The highest BCUT2D eigenvalue weighted by atomic mass is 79.9. The lowest BCUT2D eigenvalue weighted by Gasteiger charge is -2.36. The Hall–Kier alpha value is -1.56. The van der Waals surface area contributed by atoms with Crippen LogP contribution in [0.1, 0.15) is 26.2 Å². The highest BCUT2D eigenvalue weighted by Gasteiger charge is 2.35. The third-order valence-corrected chi connectivity index (χ3v) is 4.46. The number of amides is 2. The molecule has 1 aromatic carbocycles. The summed E-state index contributed by atoms with van der Waals surface area (Å²) in [4.78, 5) is 25.1. The quantitative estimate of drug-likeness (QED) is 0.871. The highest BCUT2D eigenvalue weighted by Crippen LogP contribution is 2.26. The fourth-order valence-corrected chi connectivity index (χ4v) is 2.88. The largest absolute Gasteiger partial charge is 0.480 e. The second-order valence-electron chi connectivity index (χ2n) is 5.28. The predicted molar refractivity (Wildman–Crippen MR) is 84.3 cm³/mol. The lowest BCUT2D eigenvalue weighted by Crippen LogP contribution is -2.51. The average molecular weight is 355 g/mol. The molecule has 2 unspecified atom stereocenters. The number of carbonyl (C=O) groups excluding carboxylic acids is 1. The van der Waals surface area contributed by atoms with E-state index in [4.69, 9.17) is 0 Å². The highest BCUT2D eigenvalue weighted by molar-refractivity contribution is 9.10. The molecule has 1 fully saturated rings. The predicted octanol–water partition coefficient (Wildman–Crippen LogP) is 3.56. The molecule has 0 bridgehead atoms. The van der Waals surface area contributed by atoms with E-state index in [1.807, 2.05) is 12.1 Å². The molecule has 1 aromatic rings. The molecule has 2 N–H and O–H groups in total. The van der Waals surface area contributed by atoms with Crippen molar-refractivity contribution in [1.82, 2.24) is 4.90 Å². The van der Waals surface area contributed by atoms with Crippen LogP contribution >= 0.6 is 15.9 Å². The first-order chi connectivity index (χ1) is 10.0. The van der Waals surface area contributed by atoms with Crippen LogP contribution in [0.15, 0.2) is 28.7 Å². The Morgan fingerprint density at radius 2 is 2.05 bits per heavy atom. The van der Waals surface area contributed by atoms with E-state index in [1.165, 1.54) is 4.90 Å². The maximum Gasteiger partial charge on any atom is 0.326 e. The third-order valence-electron chi connectivity index (χ3n) is 3.93. The normalized spacial score (nSPS) is 21.9. The van der Waals surface area contributed by atoms with Gasteiger partial charge in [-0.25, -0.2) is 9.59 Å².